The van der Waals surface area contributed by atoms with Gasteiger partial charge in [-0.25, -0.2) is 4.79 Å². The largest absolute Gasteiger partial charge is 0.506 e. The number of phenols is 1. The number of aliphatic hydroxyl groups excluding tert-OH is 1. The van der Waals surface area contributed by atoms with Crippen LogP contribution in [0.5, 0.6) is 11.5 Å². The summed E-state index contributed by atoms with van der Waals surface area (Å²) in [5.74, 6) is 0.317. The first-order valence-electron chi connectivity index (χ1n) is 16.2. The first kappa shape index (κ1) is 34.9. The number of benzene rings is 2. The summed E-state index contributed by atoms with van der Waals surface area (Å²) in [6.07, 6.45) is 6.26. The summed E-state index contributed by atoms with van der Waals surface area (Å²) in [6, 6.07) is 18.0. The van der Waals surface area contributed by atoms with Crippen LogP contribution in [-0.4, -0.2) is 52.1 Å². The average molecular weight is 722 g/mol. The Hall–Kier alpha value is -3.98. The molecule has 0 spiro atoms. The van der Waals surface area contributed by atoms with Gasteiger partial charge in [-0.1, -0.05) is 48.1 Å². The number of carbonyl (C=O) groups is 1. The number of aromatic nitrogens is 1. The van der Waals surface area contributed by atoms with E-state index in [1.54, 1.807) is 18.2 Å². The van der Waals surface area contributed by atoms with Crippen LogP contribution in [0.1, 0.15) is 52.7 Å². The van der Waals surface area contributed by atoms with E-state index in [1.165, 1.54) is 28.7 Å². The number of hydrogen-bond donors (Lipinski definition) is 6. The lowest BCUT2D eigenvalue weighted by Gasteiger charge is -2.34. The third kappa shape index (κ3) is 8.26. The van der Waals surface area contributed by atoms with Crippen LogP contribution in [0.3, 0.4) is 0 Å². The van der Waals surface area contributed by atoms with Gasteiger partial charge in [0.25, 0.3) is 0 Å². The van der Waals surface area contributed by atoms with Crippen molar-refractivity contribution in [1.29, 1.82) is 0 Å². The minimum atomic E-state index is -1.82. The lowest BCUT2D eigenvalue weighted by Crippen LogP contribution is -2.41. The van der Waals surface area contributed by atoms with E-state index in [-0.39, 0.29) is 23.1 Å². The summed E-state index contributed by atoms with van der Waals surface area (Å²) in [7, 11) is 0. The number of hydrogen-bond acceptors (Lipinski definition) is 12. The zero-order chi connectivity index (χ0) is 34.2. The molecule has 2 aromatic carbocycles. The van der Waals surface area contributed by atoms with Gasteiger partial charge < -0.3 is 40.4 Å². The van der Waals surface area contributed by atoms with Crippen molar-refractivity contribution < 1.29 is 29.6 Å². The van der Waals surface area contributed by atoms with Crippen LogP contribution >= 0.6 is 34.0 Å². The maximum absolute atomic E-state index is 13.5. The van der Waals surface area contributed by atoms with Crippen molar-refractivity contribution in [3.8, 4) is 11.5 Å². The highest BCUT2D eigenvalue weighted by atomic mass is 32.1. The monoisotopic (exact) mass is 721 g/mol. The number of aliphatic hydroxyl groups is 2. The Morgan fingerprint density at radius 3 is 2.45 bits per heavy atom. The smallest absolute Gasteiger partial charge is 0.350 e. The summed E-state index contributed by atoms with van der Waals surface area (Å²) in [4.78, 5) is 28.6. The normalized spacial score (nSPS) is 14.9. The van der Waals surface area contributed by atoms with E-state index in [9.17, 15) is 24.9 Å². The molecule has 6 rings (SSSR count). The molecule has 1 aliphatic carbocycles. The highest BCUT2D eigenvalue weighted by Crippen LogP contribution is 2.39. The second kappa shape index (κ2) is 16.2. The SMILES string of the molecule is O=C(OC(/C=C/NCCCOc1ccc(CNC[C@H](O)c2ccc(O)c3[nH]c(=O)sc23)cc1)C1CCC1)C(O)(c1cccs1)c1cccs1. The maximum atomic E-state index is 13.5. The fraction of sp³-hybridized carbons (Fsp3) is 0.333. The molecule has 0 saturated heterocycles. The molecule has 1 fully saturated rings. The van der Waals surface area contributed by atoms with Crippen molar-refractivity contribution in [1.82, 2.24) is 15.6 Å². The van der Waals surface area contributed by atoms with Gasteiger partial charge in [0, 0.05) is 25.2 Å². The quantitative estimate of drug-likeness (QED) is 0.0520. The van der Waals surface area contributed by atoms with Crippen LogP contribution < -0.4 is 20.2 Å². The third-order valence-electron chi connectivity index (χ3n) is 8.58. The van der Waals surface area contributed by atoms with E-state index in [0.29, 0.717) is 45.2 Å². The van der Waals surface area contributed by atoms with Gasteiger partial charge in [-0.15, -0.1) is 22.7 Å². The van der Waals surface area contributed by atoms with Crippen LogP contribution in [0.15, 0.2) is 88.5 Å². The first-order chi connectivity index (χ1) is 23.8. The molecular weight excluding hydrogens is 683 g/mol. The first-order valence-corrected chi connectivity index (χ1v) is 18.8. The van der Waals surface area contributed by atoms with E-state index in [4.69, 9.17) is 9.47 Å². The van der Waals surface area contributed by atoms with Gasteiger partial charge in [-0.2, -0.15) is 0 Å². The van der Waals surface area contributed by atoms with Crippen molar-refractivity contribution in [2.45, 2.75) is 50.0 Å². The highest BCUT2D eigenvalue weighted by molar-refractivity contribution is 7.16. The molecule has 0 amide bonds. The number of phenolic OH excluding ortho intramolecular Hbond substituents is 1. The summed E-state index contributed by atoms with van der Waals surface area (Å²) < 4.78 is 12.4. The van der Waals surface area contributed by atoms with E-state index >= 15 is 0 Å². The van der Waals surface area contributed by atoms with Crippen LogP contribution in [-0.2, 0) is 21.7 Å². The van der Waals surface area contributed by atoms with Crippen LogP contribution in [0.2, 0.25) is 0 Å². The van der Waals surface area contributed by atoms with Gasteiger partial charge in [-0.05, 0) is 84.1 Å². The number of H-pyrrole nitrogens is 1. The van der Waals surface area contributed by atoms with Crippen LogP contribution in [0.4, 0.5) is 0 Å². The van der Waals surface area contributed by atoms with Crippen molar-refractivity contribution >= 4 is 50.2 Å². The maximum Gasteiger partial charge on any atom is 0.350 e. The Balaban J connectivity index is 0.916. The molecular formula is C36H39N3O7S3. The molecule has 6 N–H and O–H groups in total. The Morgan fingerprint density at radius 1 is 1.06 bits per heavy atom. The number of aromatic hydroxyl groups is 1. The molecule has 0 radical (unpaired) electrons. The molecule has 1 unspecified atom stereocenters. The fourth-order valence-corrected chi connectivity index (χ4v) is 8.27. The van der Waals surface area contributed by atoms with E-state index in [0.717, 1.165) is 48.3 Å². The van der Waals surface area contributed by atoms with Gasteiger partial charge in [-0.3, -0.25) is 4.79 Å². The molecule has 13 heteroatoms. The molecule has 1 saturated carbocycles. The minimum absolute atomic E-state index is 0.0178. The van der Waals surface area contributed by atoms with Crippen molar-refractivity contribution in [2.24, 2.45) is 5.92 Å². The molecule has 1 aliphatic rings. The standard InChI is InChI=1S/C36H39N3O7S3/c40-27-14-13-26(33-32(27)39-35(43)49-33)28(41)22-38-21-23-9-11-25(12-10-23)45-18-4-16-37-17-15-29(24-5-1-6-24)46-34(42)36(44,30-7-2-19-47-30)31-8-3-20-48-31/h2-3,7-15,17,19-20,24,28-29,37-38,40-41,44H,1,4-6,16,18,21-22H2,(H,39,43)/b17-15+/t28-,29?/m0/s1. The number of nitrogens with one attached hydrogen (secondary N) is 3. The molecule has 0 aliphatic heterocycles. The molecule has 0 bridgehead atoms. The van der Waals surface area contributed by atoms with Gasteiger partial charge in [0.15, 0.2) is 0 Å². The van der Waals surface area contributed by atoms with Crippen molar-refractivity contribution in [2.75, 3.05) is 19.7 Å². The Kier molecular flexibility index (Phi) is 11.5. The number of rotatable bonds is 17. The highest BCUT2D eigenvalue weighted by Gasteiger charge is 2.45. The summed E-state index contributed by atoms with van der Waals surface area (Å²) in [6.45, 7) is 2.01. The number of carbonyl (C=O) groups excluding carboxylic acids is 1. The fourth-order valence-electron chi connectivity index (χ4n) is 5.64. The van der Waals surface area contributed by atoms with Gasteiger partial charge in [0.05, 0.1) is 27.2 Å². The Bertz CT molecular complexity index is 1850. The zero-order valence-electron chi connectivity index (χ0n) is 26.7. The average Bonchev–Trinajstić information content (AvgIpc) is 3.87. The summed E-state index contributed by atoms with van der Waals surface area (Å²) in [5.41, 5.74) is 0.140. The number of ether oxygens (including phenoxy) is 2. The van der Waals surface area contributed by atoms with Gasteiger partial charge >= 0.3 is 10.8 Å². The Labute approximate surface area is 295 Å². The summed E-state index contributed by atoms with van der Waals surface area (Å²) in [5, 5.41) is 42.5. The molecule has 10 nitrogen and oxygen atoms in total. The van der Waals surface area contributed by atoms with Gasteiger partial charge in [0.1, 0.15) is 23.1 Å². The molecule has 5 aromatic rings. The number of thiazole rings is 1. The second-order valence-corrected chi connectivity index (χ2v) is 14.8. The number of esters is 1. The number of fused-ring (bicyclic) bond motifs is 1. The topological polar surface area (TPSA) is 153 Å². The molecule has 3 heterocycles. The van der Waals surface area contributed by atoms with Gasteiger partial charge in [0.2, 0.25) is 5.60 Å². The lowest BCUT2D eigenvalue weighted by atomic mass is 9.81. The minimum Gasteiger partial charge on any atom is -0.506 e. The second-order valence-electron chi connectivity index (χ2n) is 11.9. The molecule has 258 valence electrons. The predicted molar refractivity (Wildman–Crippen MR) is 193 cm³/mol. The number of thiophene rings is 2. The number of aromatic amines is 1. The van der Waals surface area contributed by atoms with Crippen molar-refractivity contribution in [3.05, 3.63) is 114 Å². The van der Waals surface area contributed by atoms with E-state index in [2.05, 4.69) is 15.6 Å². The van der Waals surface area contributed by atoms with Crippen molar-refractivity contribution in [3.63, 3.8) is 0 Å². The Morgan fingerprint density at radius 2 is 1.80 bits per heavy atom. The zero-order valence-corrected chi connectivity index (χ0v) is 29.1. The van der Waals surface area contributed by atoms with E-state index in [1.807, 2.05) is 59.4 Å². The molecule has 3 aromatic heterocycles. The van der Waals surface area contributed by atoms with E-state index < -0.39 is 23.8 Å². The lowest BCUT2D eigenvalue weighted by molar-refractivity contribution is -0.168. The third-order valence-corrected chi connectivity index (χ3v) is 11.5. The molecule has 2 atom stereocenters. The predicted octanol–water partition coefficient (Wildman–Crippen LogP) is 5.76. The van der Waals surface area contributed by atoms with Crippen LogP contribution in [0, 0.1) is 5.92 Å². The summed E-state index contributed by atoms with van der Waals surface area (Å²) >= 11 is 3.63. The molecule has 49 heavy (non-hydrogen) atoms. The van der Waals surface area contributed by atoms with Crippen LogP contribution in [0.25, 0.3) is 10.2 Å².